The molecule has 0 saturated heterocycles. The summed E-state index contributed by atoms with van der Waals surface area (Å²) in [5, 5.41) is 0. The fourth-order valence-electron chi connectivity index (χ4n) is 8.44. The van der Waals surface area contributed by atoms with E-state index in [1.54, 1.807) is 0 Å². The summed E-state index contributed by atoms with van der Waals surface area (Å²) in [5.74, 6) is -0.898. The van der Waals surface area contributed by atoms with Crippen LogP contribution in [-0.2, 0) is 28.6 Å². The number of ether oxygens (including phenoxy) is 3. The third-order valence-electron chi connectivity index (χ3n) is 13.0. The molecule has 0 bridgehead atoms. The van der Waals surface area contributed by atoms with E-state index in [9.17, 15) is 14.4 Å². The molecule has 0 aliphatic rings. The van der Waals surface area contributed by atoms with Gasteiger partial charge in [0.2, 0.25) is 0 Å². The van der Waals surface area contributed by atoms with Gasteiger partial charge in [-0.25, -0.2) is 0 Å². The predicted octanol–water partition coefficient (Wildman–Crippen LogP) is 20.9. The van der Waals surface area contributed by atoms with Crippen LogP contribution in [0.5, 0.6) is 0 Å². The van der Waals surface area contributed by atoms with Gasteiger partial charge in [0.15, 0.2) is 6.10 Å². The summed E-state index contributed by atoms with van der Waals surface area (Å²) in [6, 6.07) is 0. The Morgan fingerprint density at radius 1 is 0.288 bits per heavy atom. The first-order valence-electron chi connectivity index (χ1n) is 30.7. The van der Waals surface area contributed by atoms with Crippen LogP contribution >= 0.6 is 0 Å². The molecule has 418 valence electrons. The van der Waals surface area contributed by atoms with Gasteiger partial charge in [-0.3, -0.25) is 14.4 Å². The quantitative estimate of drug-likeness (QED) is 0.0261. The highest BCUT2D eigenvalue weighted by Gasteiger charge is 2.19. The molecule has 0 radical (unpaired) electrons. The number of allylic oxidation sites excluding steroid dienone is 16. The summed E-state index contributed by atoms with van der Waals surface area (Å²) >= 11 is 0. The van der Waals surface area contributed by atoms with Crippen LogP contribution in [-0.4, -0.2) is 37.2 Å². The van der Waals surface area contributed by atoms with Gasteiger partial charge in [0.1, 0.15) is 13.2 Å². The summed E-state index contributed by atoms with van der Waals surface area (Å²) in [6.07, 6.45) is 81.3. The highest BCUT2D eigenvalue weighted by molar-refractivity contribution is 5.71. The van der Waals surface area contributed by atoms with Gasteiger partial charge < -0.3 is 14.2 Å². The largest absolute Gasteiger partial charge is 0.462 e. The van der Waals surface area contributed by atoms with Crippen molar-refractivity contribution in [2.45, 2.75) is 297 Å². The summed E-state index contributed by atoms with van der Waals surface area (Å²) < 4.78 is 16.8. The maximum Gasteiger partial charge on any atom is 0.306 e. The third kappa shape index (κ3) is 59.1. The van der Waals surface area contributed by atoms with E-state index >= 15 is 0 Å². The molecule has 0 aliphatic heterocycles. The van der Waals surface area contributed by atoms with Crippen LogP contribution in [0.1, 0.15) is 290 Å². The first-order valence-corrected chi connectivity index (χ1v) is 30.7. The highest BCUT2D eigenvalue weighted by Crippen LogP contribution is 2.15. The van der Waals surface area contributed by atoms with Gasteiger partial charge in [-0.05, 0) is 122 Å². The molecule has 0 amide bonds. The summed E-state index contributed by atoms with van der Waals surface area (Å²) in [7, 11) is 0. The van der Waals surface area contributed by atoms with E-state index in [1.165, 1.54) is 135 Å². The predicted molar refractivity (Wildman–Crippen MR) is 316 cm³/mol. The second kappa shape index (κ2) is 60.9. The van der Waals surface area contributed by atoms with Crippen molar-refractivity contribution in [3.63, 3.8) is 0 Å². The number of carbonyl (C=O) groups is 3. The molecular formula is C67H114O6. The molecule has 6 heteroatoms. The van der Waals surface area contributed by atoms with Crippen LogP contribution in [0.2, 0.25) is 0 Å². The SMILES string of the molecule is CC/C=C\C/C=C\C/C=C\C/C=C\C/C=C\C/C=C\CCCCCCCCCCCCCCC(=O)OCC(COC(=O)CCCCCCC/C=C\CCCCC)OC(=O)CCCCCCC/C=C\CCCCC. The van der Waals surface area contributed by atoms with Crippen LogP contribution in [0.25, 0.3) is 0 Å². The smallest absolute Gasteiger partial charge is 0.306 e. The zero-order chi connectivity index (χ0) is 52.9. The van der Waals surface area contributed by atoms with Crippen LogP contribution in [0.15, 0.2) is 97.2 Å². The van der Waals surface area contributed by atoms with Gasteiger partial charge in [0, 0.05) is 19.3 Å². The van der Waals surface area contributed by atoms with E-state index in [4.69, 9.17) is 14.2 Å². The fourth-order valence-corrected chi connectivity index (χ4v) is 8.44. The first kappa shape index (κ1) is 69.3. The van der Waals surface area contributed by atoms with E-state index in [1.807, 2.05) is 0 Å². The topological polar surface area (TPSA) is 78.9 Å². The molecule has 0 saturated carbocycles. The molecule has 1 unspecified atom stereocenters. The number of unbranched alkanes of at least 4 members (excludes halogenated alkanes) is 28. The molecule has 0 rings (SSSR count). The monoisotopic (exact) mass is 1010 g/mol. The number of carbonyl (C=O) groups excluding carboxylic acids is 3. The molecule has 0 aromatic carbocycles. The van der Waals surface area contributed by atoms with Gasteiger partial charge in [-0.15, -0.1) is 0 Å². The Balaban J connectivity index is 4.17. The average Bonchev–Trinajstić information content (AvgIpc) is 3.39. The van der Waals surface area contributed by atoms with Gasteiger partial charge in [0.25, 0.3) is 0 Å². The Morgan fingerprint density at radius 2 is 0.534 bits per heavy atom. The van der Waals surface area contributed by atoms with Gasteiger partial charge in [-0.2, -0.15) is 0 Å². The highest BCUT2D eigenvalue weighted by atomic mass is 16.6. The average molecular weight is 1020 g/mol. The molecule has 0 N–H and O–H groups in total. The maximum absolute atomic E-state index is 12.8. The Bertz CT molecular complexity index is 1440. The second-order valence-corrected chi connectivity index (χ2v) is 20.2. The normalized spacial score (nSPS) is 12.8. The van der Waals surface area contributed by atoms with Crippen molar-refractivity contribution in [2.24, 2.45) is 0 Å². The lowest BCUT2D eigenvalue weighted by Gasteiger charge is -2.18. The zero-order valence-electron chi connectivity index (χ0n) is 47.9. The molecule has 0 aromatic heterocycles. The van der Waals surface area contributed by atoms with Crippen LogP contribution in [0, 0.1) is 0 Å². The molecular weight excluding hydrogens is 901 g/mol. The van der Waals surface area contributed by atoms with Crippen molar-refractivity contribution in [2.75, 3.05) is 13.2 Å². The fraction of sp³-hybridized carbons (Fsp3) is 0.716. The minimum absolute atomic E-state index is 0.0830. The lowest BCUT2D eigenvalue weighted by Crippen LogP contribution is -2.30. The minimum atomic E-state index is -0.784. The minimum Gasteiger partial charge on any atom is -0.462 e. The summed E-state index contributed by atoms with van der Waals surface area (Å²) in [5.41, 5.74) is 0. The number of hydrogen-bond acceptors (Lipinski definition) is 6. The van der Waals surface area contributed by atoms with E-state index in [2.05, 4.69) is 118 Å². The van der Waals surface area contributed by atoms with Crippen LogP contribution in [0.4, 0.5) is 0 Å². The van der Waals surface area contributed by atoms with Crippen molar-refractivity contribution in [3.8, 4) is 0 Å². The molecule has 0 heterocycles. The molecule has 0 spiro atoms. The van der Waals surface area contributed by atoms with Crippen molar-refractivity contribution in [1.82, 2.24) is 0 Å². The Morgan fingerprint density at radius 3 is 0.849 bits per heavy atom. The van der Waals surface area contributed by atoms with Crippen LogP contribution < -0.4 is 0 Å². The third-order valence-corrected chi connectivity index (χ3v) is 13.0. The lowest BCUT2D eigenvalue weighted by atomic mass is 10.0. The van der Waals surface area contributed by atoms with Crippen molar-refractivity contribution < 1.29 is 28.6 Å². The molecule has 0 aliphatic carbocycles. The van der Waals surface area contributed by atoms with Crippen molar-refractivity contribution >= 4 is 17.9 Å². The van der Waals surface area contributed by atoms with E-state index in [0.717, 1.165) is 116 Å². The Hall–Kier alpha value is -3.67. The molecule has 0 aromatic rings. The van der Waals surface area contributed by atoms with Crippen LogP contribution in [0.3, 0.4) is 0 Å². The molecule has 0 fully saturated rings. The van der Waals surface area contributed by atoms with Gasteiger partial charge >= 0.3 is 17.9 Å². The van der Waals surface area contributed by atoms with Crippen molar-refractivity contribution in [1.29, 1.82) is 0 Å². The first-order chi connectivity index (χ1) is 36.0. The Labute approximate surface area is 451 Å². The van der Waals surface area contributed by atoms with E-state index in [0.29, 0.717) is 19.3 Å². The zero-order valence-corrected chi connectivity index (χ0v) is 47.9. The Kier molecular flexibility index (Phi) is 57.8. The summed E-state index contributed by atoms with van der Waals surface area (Å²) in [4.78, 5) is 38.1. The van der Waals surface area contributed by atoms with Gasteiger partial charge in [0.05, 0.1) is 0 Å². The second-order valence-electron chi connectivity index (χ2n) is 20.2. The number of esters is 3. The summed E-state index contributed by atoms with van der Waals surface area (Å²) in [6.45, 7) is 6.47. The maximum atomic E-state index is 12.8. The van der Waals surface area contributed by atoms with Crippen molar-refractivity contribution in [3.05, 3.63) is 97.2 Å². The standard InChI is InChI=1S/C67H114O6/c1-4-7-10-13-16-19-22-25-26-27-28-29-30-31-32-33-34-35-36-37-38-39-40-41-42-43-46-48-51-54-57-60-66(69)72-63-64(73-67(70)61-58-55-52-49-45-24-21-18-15-12-9-6-3)62-71-65(68)59-56-53-50-47-44-23-20-17-14-11-8-5-2/h7,10,16-21,25-26,28-29,31-32,34-35,64H,4-6,8-9,11-15,22-24,27,30,33,36-63H2,1-3H3/b10-7-,19-16-,20-17-,21-18-,26-25-,29-28-,32-31-,35-34-. The molecule has 73 heavy (non-hydrogen) atoms. The number of rotatable bonds is 55. The van der Waals surface area contributed by atoms with Gasteiger partial charge in [-0.1, -0.05) is 246 Å². The van der Waals surface area contributed by atoms with E-state index in [-0.39, 0.29) is 31.1 Å². The molecule has 1 atom stereocenters. The molecule has 6 nitrogen and oxygen atoms in total. The lowest BCUT2D eigenvalue weighted by molar-refractivity contribution is -0.167. The number of hydrogen-bond donors (Lipinski definition) is 0. The van der Waals surface area contributed by atoms with E-state index < -0.39 is 6.10 Å².